The van der Waals surface area contributed by atoms with Gasteiger partial charge in [-0.15, -0.1) is 0 Å². The summed E-state index contributed by atoms with van der Waals surface area (Å²) in [4.78, 5) is 0. The van der Waals surface area contributed by atoms with Gasteiger partial charge >= 0.3 is 0 Å². The number of nitrogens with two attached hydrogens (primary N) is 1. The van der Waals surface area contributed by atoms with Crippen LogP contribution in [0.3, 0.4) is 0 Å². The zero-order chi connectivity index (χ0) is 6.32. The lowest BCUT2D eigenvalue weighted by Gasteiger charge is -2.27. The van der Waals surface area contributed by atoms with Gasteiger partial charge in [0.25, 0.3) is 0 Å². The van der Waals surface area contributed by atoms with Crippen molar-refractivity contribution in [3.05, 3.63) is 0 Å². The Morgan fingerprint density at radius 1 is 1.11 bits per heavy atom. The summed E-state index contributed by atoms with van der Waals surface area (Å²) in [6.45, 7) is 0. The van der Waals surface area contributed by atoms with Gasteiger partial charge in [-0.25, -0.2) is 0 Å². The predicted molar refractivity (Wildman–Crippen MR) is 38.1 cm³/mol. The second kappa shape index (κ2) is 1.72. The zero-order valence-corrected chi connectivity index (χ0v) is 5.90. The second-order valence-electron chi connectivity index (χ2n) is 3.71. The Morgan fingerprint density at radius 3 is 2.33 bits per heavy atom. The van der Waals surface area contributed by atoms with Crippen LogP contribution in [0.15, 0.2) is 0 Å². The topological polar surface area (TPSA) is 26.0 Å². The molecule has 1 heteroatoms. The Bertz CT molecular complexity index is 116. The van der Waals surface area contributed by atoms with E-state index in [2.05, 4.69) is 0 Å². The van der Waals surface area contributed by atoms with Gasteiger partial charge in [-0.3, -0.25) is 0 Å². The fraction of sp³-hybridized carbons (Fsp3) is 1.00. The van der Waals surface area contributed by atoms with Crippen LogP contribution in [0.2, 0.25) is 0 Å². The fourth-order valence-corrected chi connectivity index (χ4v) is 2.11. The molecule has 0 saturated heterocycles. The van der Waals surface area contributed by atoms with E-state index in [-0.39, 0.29) is 0 Å². The molecule has 0 aromatic carbocycles. The molecule has 2 aliphatic carbocycles. The van der Waals surface area contributed by atoms with Crippen molar-refractivity contribution in [1.29, 1.82) is 0 Å². The summed E-state index contributed by atoms with van der Waals surface area (Å²) in [5.74, 6) is 0. The monoisotopic (exact) mass is 125 g/mol. The first-order valence-electron chi connectivity index (χ1n) is 4.09. The van der Waals surface area contributed by atoms with E-state index in [4.69, 9.17) is 5.73 Å². The standard InChI is InChI=1S/C8H15N/c9-7-3-1-2-4-8(7)5-6-8/h7H,1-6,9H2. The van der Waals surface area contributed by atoms with Crippen LogP contribution in [0.4, 0.5) is 0 Å². The molecule has 2 saturated carbocycles. The summed E-state index contributed by atoms with van der Waals surface area (Å²) >= 11 is 0. The van der Waals surface area contributed by atoms with Gasteiger partial charge in [0.1, 0.15) is 0 Å². The number of hydrogen-bond donors (Lipinski definition) is 1. The smallest absolute Gasteiger partial charge is 0.00955 e. The van der Waals surface area contributed by atoms with Crippen molar-refractivity contribution in [2.24, 2.45) is 11.1 Å². The minimum Gasteiger partial charge on any atom is -0.327 e. The summed E-state index contributed by atoms with van der Waals surface area (Å²) in [6.07, 6.45) is 8.38. The summed E-state index contributed by atoms with van der Waals surface area (Å²) in [7, 11) is 0. The Labute approximate surface area is 56.6 Å². The van der Waals surface area contributed by atoms with Crippen LogP contribution < -0.4 is 5.73 Å². The first-order chi connectivity index (χ1) is 4.33. The highest BCUT2D eigenvalue weighted by molar-refractivity contribution is 5.02. The van der Waals surface area contributed by atoms with Crippen molar-refractivity contribution in [3.63, 3.8) is 0 Å². The molecule has 9 heavy (non-hydrogen) atoms. The lowest BCUT2D eigenvalue weighted by molar-refractivity contribution is 0.285. The van der Waals surface area contributed by atoms with Crippen molar-refractivity contribution in [1.82, 2.24) is 0 Å². The van der Waals surface area contributed by atoms with E-state index in [1.165, 1.54) is 38.5 Å². The predicted octanol–water partition coefficient (Wildman–Crippen LogP) is 1.67. The largest absolute Gasteiger partial charge is 0.327 e. The van der Waals surface area contributed by atoms with Crippen LogP contribution in [0.25, 0.3) is 0 Å². The molecule has 0 bridgehead atoms. The average molecular weight is 125 g/mol. The van der Waals surface area contributed by atoms with Gasteiger partial charge in [0.2, 0.25) is 0 Å². The molecule has 0 aromatic rings. The first-order valence-corrected chi connectivity index (χ1v) is 4.09. The molecule has 1 unspecified atom stereocenters. The van der Waals surface area contributed by atoms with Crippen molar-refractivity contribution < 1.29 is 0 Å². The molecule has 0 aromatic heterocycles. The van der Waals surface area contributed by atoms with Gasteiger partial charge in [0.05, 0.1) is 0 Å². The molecular formula is C8H15N. The molecule has 0 heterocycles. The molecule has 0 aliphatic heterocycles. The van der Waals surface area contributed by atoms with Crippen LogP contribution in [0.1, 0.15) is 38.5 Å². The van der Waals surface area contributed by atoms with Gasteiger partial charge in [-0.2, -0.15) is 0 Å². The SMILES string of the molecule is NC1CCCCC12CC2. The van der Waals surface area contributed by atoms with E-state index in [1.807, 2.05) is 0 Å². The highest BCUT2D eigenvalue weighted by Gasteiger charge is 2.48. The maximum Gasteiger partial charge on any atom is 0.00955 e. The molecule has 2 N–H and O–H groups in total. The third-order valence-corrected chi connectivity index (χ3v) is 3.12. The molecular weight excluding hydrogens is 110 g/mol. The Hall–Kier alpha value is -0.0400. The minimum absolute atomic E-state index is 0.561. The molecule has 0 radical (unpaired) electrons. The summed E-state index contributed by atoms with van der Waals surface area (Å²) in [5, 5.41) is 0. The quantitative estimate of drug-likeness (QED) is 0.523. The first kappa shape index (κ1) is 5.72. The molecule has 2 aliphatic rings. The third-order valence-electron chi connectivity index (χ3n) is 3.12. The Morgan fingerprint density at radius 2 is 1.89 bits per heavy atom. The van der Waals surface area contributed by atoms with Crippen LogP contribution in [0.5, 0.6) is 0 Å². The van der Waals surface area contributed by atoms with Crippen LogP contribution in [0, 0.1) is 5.41 Å². The molecule has 1 nitrogen and oxygen atoms in total. The highest BCUT2D eigenvalue weighted by Crippen LogP contribution is 2.55. The van der Waals surface area contributed by atoms with Gasteiger partial charge in [-0.1, -0.05) is 12.8 Å². The lowest BCUT2D eigenvalue weighted by Crippen LogP contribution is -2.34. The van der Waals surface area contributed by atoms with E-state index in [9.17, 15) is 0 Å². The molecule has 2 rings (SSSR count). The average Bonchev–Trinajstić information content (AvgIpc) is 2.60. The Balaban J connectivity index is 2.03. The minimum atomic E-state index is 0.561. The molecule has 0 amide bonds. The zero-order valence-electron chi connectivity index (χ0n) is 5.90. The van der Waals surface area contributed by atoms with Gasteiger partial charge in [0.15, 0.2) is 0 Å². The summed E-state index contributed by atoms with van der Waals surface area (Å²) in [5.41, 5.74) is 6.64. The maximum atomic E-state index is 5.98. The van der Waals surface area contributed by atoms with Gasteiger partial charge in [-0.05, 0) is 31.1 Å². The highest BCUT2D eigenvalue weighted by atomic mass is 14.7. The second-order valence-corrected chi connectivity index (χ2v) is 3.71. The van der Waals surface area contributed by atoms with Crippen LogP contribution >= 0.6 is 0 Å². The summed E-state index contributed by atoms with van der Waals surface area (Å²) < 4.78 is 0. The van der Waals surface area contributed by atoms with E-state index in [1.54, 1.807) is 0 Å². The van der Waals surface area contributed by atoms with E-state index >= 15 is 0 Å². The van der Waals surface area contributed by atoms with Crippen LogP contribution in [-0.2, 0) is 0 Å². The van der Waals surface area contributed by atoms with Gasteiger partial charge < -0.3 is 5.73 Å². The third kappa shape index (κ3) is 0.787. The van der Waals surface area contributed by atoms with Gasteiger partial charge in [0, 0.05) is 6.04 Å². The fourth-order valence-electron chi connectivity index (χ4n) is 2.11. The number of rotatable bonds is 0. The van der Waals surface area contributed by atoms with E-state index < -0.39 is 0 Å². The molecule has 2 fully saturated rings. The molecule has 1 spiro atoms. The lowest BCUT2D eigenvalue weighted by atomic mass is 9.82. The van der Waals surface area contributed by atoms with Crippen LogP contribution in [-0.4, -0.2) is 6.04 Å². The van der Waals surface area contributed by atoms with E-state index in [0.29, 0.717) is 11.5 Å². The molecule has 52 valence electrons. The Kier molecular flexibility index (Phi) is 1.10. The van der Waals surface area contributed by atoms with Crippen molar-refractivity contribution in [3.8, 4) is 0 Å². The number of hydrogen-bond acceptors (Lipinski definition) is 1. The maximum absolute atomic E-state index is 5.98. The van der Waals surface area contributed by atoms with Crippen molar-refractivity contribution in [2.45, 2.75) is 44.6 Å². The van der Waals surface area contributed by atoms with Crippen molar-refractivity contribution in [2.75, 3.05) is 0 Å². The van der Waals surface area contributed by atoms with E-state index in [0.717, 1.165) is 0 Å². The normalized spacial score (nSPS) is 39.0. The molecule has 1 atom stereocenters. The summed E-state index contributed by atoms with van der Waals surface area (Å²) in [6, 6.07) is 0.561. The van der Waals surface area contributed by atoms with Crippen molar-refractivity contribution >= 4 is 0 Å².